The van der Waals surface area contributed by atoms with E-state index in [9.17, 15) is 14.4 Å². The molecule has 28 heavy (non-hydrogen) atoms. The average Bonchev–Trinajstić information content (AvgIpc) is 3.12. The second kappa shape index (κ2) is 6.64. The minimum atomic E-state index is -0.828. The number of benzene rings is 2. The zero-order chi connectivity index (χ0) is 20.0. The molecule has 4 rings (SSSR count). The summed E-state index contributed by atoms with van der Waals surface area (Å²) in [5, 5.41) is 0. The van der Waals surface area contributed by atoms with Gasteiger partial charge in [0, 0.05) is 19.7 Å². The molecular weight excluding hydrogens is 356 g/mol. The van der Waals surface area contributed by atoms with Crippen molar-refractivity contribution >= 4 is 5.78 Å². The number of nitrogens with zero attached hydrogens (tertiary/aromatic N) is 2. The number of ether oxygens (including phenoxy) is 1. The summed E-state index contributed by atoms with van der Waals surface area (Å²) in [5.74, 6) is -0.876. The lowest BCUT2D eigenvalue weighted by atomic mass is 9.85. The van der Waals surface area contributed by atoms with Gasteiger partial charge in [0.25, 0.3) is 5.56 Å². The van der Waals surface area contributed by atoms with E-state index in [0.717, 1.165) is 15.7 Å². The van der Waals surface area contributed by atoms with Gasteiger partial charge in [-0.25, -0.2) is 4.79 Å². The fourth-order valence-corrected chi connectivity index (χ4v) is 3.67. The molecule has 0 bridgehead atoms. The summed E-state index contributed by atoms with van der Waals surface area (Å²) >= 11 is 0. The van der Waals surface area contributed by atoms with E-state index in [1.165, 1.54) is 11.6 Å². The molecule has 0 unspecified atom stereocenters. The Bertz CT molecular complexity index is 1170. The molecule has 2 aromatic carbocycles. The smallest absolute Gasteiger partial charge is 0.333 e. The van der Waals surface area contributed by atoms with Gasteiger partial charge in [0.2, 0.25) is 5.88 Å². The SMILES string of the molecule is Cc1ccc([C@@H]2Oc3c(c(=O)n(C)c(=O)n3C)[C@@H]2C(=O)c2ccccc2)cc1. The summed E-state index contributed by atoms with van der Waals surface area (Å²) in [6.07, 6.45) is -0.677. The fourth-order valence-electron chi connectivity index (χ4n) is 3.67. The fraction of sp³-hybridized carbons (Fsp3) is 0.227. The van der Waals surface area contributed by atoms with Crippen LogP contribution in [0, 0.1) is 6.92 Å². The van der Waals surface area contributed by atoms with Crippen LogP contribution in [0.25, 0.3) is 0 Å². The van der Waals surface area contributed by atoms with Crippen molar-refractivity contribution in [2.75, 3.05) is 0 Å². The number of aromatic nitrogens is 2. The minimum absolute atomic E-state index is 0.160. The normalized spacial score (nSPS) is 17.8. The van der Waals surface area contributed by atoms with Crippen LogP contribution in [0.15, 0.2) is 64.2 Å². The Hall–Kier alpha value is -3.41. The minimum Gasteiger partial charge on any atom is -0.469 e. The molecule has 0 radical (unpaired) electrons. The summed E-state index contributed by atoms with van der Waals surface area (Å²) in [6, 6.07) is 16.5. The van der Waals surface area contributed by atoms with Crippen LogP contribution in [-0.4, -0.2) is 14.9 Å². The molecule has 1 aromatic heterocycles. The maximum absolute atomic E-state index is 13.4. The van der Waals surface area contributed by atoms with E-state index < -0.39 is 23.3 Å². The Kier molecular flexibility index (Phi) is 4.26. The number of ketones is 1. The molecule has 0 N–H and O–H groups in total. The molecule has 0 saturated heterocycles. The molecule has 0 spiro atoms. The maximum atomic E-state index is 13.4. The molecule has 2 atom stereocenters. The zero-order valence-electron chi connectivity index (χ0n) is 15.9. The highest BCUT2D eigenvalue weighted by molar-refractivity contribution is 6.02. The van der Waals surface area contributed by atoms with E-state index >= 15 is 0 Å². The first-order valence-corrected chi connectivity index (χ1v) is 9.02. The predicted octanol–water partition coefficient (Wildman–Crippen LogP) is 2.49. The molecule has 0 fully saturated rings. The van der Waals surface area contributed by atoms with Crippen LogP contribution in [0.3, 0.4) is 0 Å². The first kappa shape index (κ1) is 18.0. The Morgan fingerprint density at radius 3 is 2.21 bits per heavy atom. The van der Waals surface area contributed by atoms with Crippen molar-refractivity contribution in [1.82, 2.24) is 9.13 Å². The number of carbonyl (C=O) groups excluding carboxylic acids is 1. The topological polar surface area (TPSA) is 70.3 Å². The van der Waals surface area contributed by atoms with Crippen LogP contribution < -0.4 is 16.0 Å². The molecule has 1 aliphatic rings. The van der Waals surface area contributed by atoms with Gasteiger partial charge in [-0.15, -0.1) is 0 Å². The number of hydrogen-bond acceptors (Lipinski definition) is 4. The van der Waals surface area contributed by atoms with Gasteiger partial charge in [-0.1, -0.05) is 60.2 Å². The van der Waals surface area contributed by atoms with Crippen LogP contribution >= 0.6 is 0 Å². The first-order valence-electron chi connectivity index (χ1n) is 9.02. The third-order valence-corrected chi connectivity index (χ3v) is 5.24. The van der Waals surface area contributed by atoms with Crippen LogP contribution in [0.2, 0.25) is 0 Å². The van der Waals surface area contributed by atoms with Crippen molar-refractivity contribution in [2.24, 2.45) is 14.1 Å². The highest BCUT2D eigenvalue weighted by atomic mass is 16.5. The maximum Gasteiger partial charge on any atom is 0.333 e. The summed E-state index contributed by atoms with van der Waals surface area (Å²) in [4.78, 5) is 38.7. The lowest BCUT2D eigenvalue weighted by Crippen LogP contribution is -2.39. The molecule has 142 valence electrons. The number of aryl methyl sites for hydroxylation is 1. The van der Waals surface area contributed by atoms with Gasteiger partial charge in [-0.2, -0.15) is 0 Å². The van der Waals surface area contributed by atoms with E-state index in [-0.39, 0.29) is 17.2 Å². The molecule has 3 aromatic rings. The van der Waals surface area contributed by atoms with Gasteiger partial charge in [0.15, 0.2) is 5.78 Å². The third-order valence-electron chi connectivity index (χ3n) is 5.24. The Balaban J connectivity index is 1.95. The number of fused-ring (bicyclic) bond motifs is 1. The van der Waals surface area contributed by atoms with E-state index in [2.05, 4.69) is 0 Å². The number of Topliss-reactive ketones (excluding diaryl/α,β-unsaturated/α-hetero) is 1. The van der Waals surface area contributed by atoms with E-state index in [4.69, 9.17) is 4.74 Å². The zero-order valence-corrected chi connectivity index (χ0v) is 15.9. The second-order valence-electron chi connectivity index (χ2n) is 7.08. The Labute approximate surface area is 161 Å². The van der Waals surface area contributed by atoms with Crippen LogP contribution in [0.5, 0.6) is 5.88 Å². The first-order chi connectivity index (χ1) is 13.4. The molecule has 6 heteroatoms. The average molecular weight is 376 g/mol. The molecule has 0 saturated carbocycles. The lowest BCUT2D eigenvalue weighted by Gasteiger charge is -2.18. The van der Waals surface area contributed by atoms with Crippen molar-refractivity contribution in [3.05, 3.63) is 97.7 Å². The molecule has 2 heterocycles. The highest BCUT2D eigenvalue weighted by Gasteiger charge is 2.44. The number of carbonyl (C=O) groups is 1. The van der Waals surface area contributed by atoms with Gasteiger partial charge >= 0.3 is 5.69 Å². The van der Waals surface area contributed by atoms with Crippen LogP contribution in [-0.2, 0) is 14.1 Å². The quantitative estimate of drug-likeness (QED) is 0.659. The standard InChI is InChI=1S/C22H20N2O4/c1-13-9-11-15(12-10-13)19-16(18(25)14-7-5-4-6-8-14)17-20(26)23(2)22(27)24(3)21(17)28-19/h4-12,16,19H,1-3H3/t16-,19+/m1/s1. The van der Waals surface area contributed by atoms with Gasteiger partial charge < -0.3 is 4.74 Å². The molecule has 6 nitrogen and oxygen atoms in total. The van der Waals surface area contributed by atoms with E-state index in [1.807, 2.05) is 37.3 Å². The van der Waals surface area contributed by atoms with Crippen LogP contribution in [0.1, 0.15) is 39.1 Å². The van der Waals surface area contributed by atoms with Crippen LogP contribution in [0.4, 0.5) is 0 Å². The van der Waals surface area contributed by atoms with Gasteiger partial charge in [0.05, 0.1) is 11.5 Å². The summed E-state index contributed by atoms with van der Waals surface area (Å²) in [5.41, 5.74) is 1.60. The summed E-state index contributed by atoms with van der Waals surface area (Å²) in [7, 11) is 2.95. The molecular formula is C22H20N2O4. The molecule has 0 aliphatic carbocycles. The third kappa shape index (κ3) is 2.69. The van der Waals surface area contributed by atoms with Gasteiger partial charge in [-0.05, 0) is 12.5 Å². The van der Waals surface area contributed by atoms with Crippen molar-refractivity contribution in [3.8, 4) is 5.88 Å². The predicted molar refractivity (Wildman–Crippen MR) is 105 cm³/mol. The molecule has 0 amide bonds. The molecule has 1 aliphatic heterocycles. The number of rotatable bonds is 3. The Morgan fingerprint density at radius 1 is 0.929 bits per heavy atom. The largest absolute Gasteiger partial charge is 0.469 e. The van der Waals surface area contributed by atoms with Crippen molar-refractivity contribution in [2.45, 2.75) is 18.9 Å². The van der Waals surface area contributed by atoms with Gasteiger partial charge in [-0.3, -0.25) is 18.7 Å². The second-order valence-corrected chi connectivity index (χ2v) is 7.08. The summed E-state index contributed by atoms with van der Waals surface area (Å²) < 4.78 is 8.37. The van der Waals surface area contributed by atoms with Gasteiger partial charge in [0.1, 0.15) is 6.10 Å². The lowest BCUT2D eigenvalue weighted by molar-refractivity contribution is 0.0891. The van der Waals surface area contributed by atoms with Crippen molar-refractivity contribution < 1.29 is 9.53 Å². The van der Waals surface area contributed by atoms with Crippen molar-refractivity contribution in [3.63, 3.8) is 0 Å². The van der Waals surface area contributed by atoms with Crippen molar-refractivity contribution in [1.29, 1.82) is 0 Å². The Morgan fingerprint density at radius 2 is 1.57 bits per heavy atom. The summed E-state index contributed by atoms with van der Waals surface area (Å²) in [6.45, 7) is 1.97. The van der Waals surface area contributed by atoms with E-state index in [0.29, 0.717) is 5.56 Å². The monoisotopic (exact) mass is 376 g/mol. The van der Waals surface area contributed by atoms with E-state index in [1.54, 1.807) is 31.3 Å². The number of hydrogen-bond donors (Lipinski definition) is 0. The highest BCUT2D eigenvalue weighted by Crippen LogP contribution is 2.45.